The van der Waals surface area contributed by atoms with Gasteiger partial charge in [0.25, 0.3) is 0 Å². The third-order valence-electron chi connectivity index (χ3n) is 4.85. The van der Waals surface area contributed by atoms with Crippen molar-refractivity contribution in [3.8, 4) is 5.75 Å². The van der Waals surface area contributed by atoms with E-state index in [1.165, 1.54) is 13.2 Å². The van der Waals surface area contributed by atoms with Crippen LogP contribution in [0.25, 0.3) is 0 Å². The van der Waals surface area contributed by atoms with Gasteiger partial charge in [0.15, 0.2) is 11.6 Å². The maximum absolute atomic E-state index is 13.7. The van der Waals surface area contributed by atoms with Crippen molar-refractivity contribution in [1.82, 2.24) is 14.5 Å². The fraction of sp³-hybridized carbons (Fsp3) is 0.474. The number of aromatic nitrogens is 2. The van der Waals surface area contributed by atoms with E-state index in [-0.39, 0.29) is 17.5 Å². The summed E-state index contributed by atoms with van der Waals surface area (Å²) >= 11 is 0. The lowest BCUT2D eigenvalue weighted by Crippen LogP contribution is -2.40. The number of imidazole rings is 1. The molecule has 0 spiro atoms. The second-order valence-corrected chi connectivity index (χ2v) is 6.49. The number of benzene rings is 1. The first-order valence-electron chi connectivity index (χ1n) is 8.68. The van der Waals surface area contributed by atoms with E-state index in [2.05, 4.69) is 9.55 Å². The molecule has 1 atom stereocenters. The number of likely N-dealkylation sites (tertiary alicyclic amines) is 1. The zero-order valence-electron chi connectivity index (χ0n) is 14.7. The highest BCUT2D eigenvalue weighted by atomic mass is 19.1. The van der Waals surface area contributed by atoms with E-state index < -0.39 is 0 Å². The molecule has 1 aromatic heterocycles. The predicted molar refractivity (Wildman–Crippen MR) is 93.1 cm³/mol. The maximum atomic E-state index is 13.7. The number of ether oxygens (including phenoxy) is 1. The number of carbonyl (C=O) groups excluding carboxylic acids is 1. The van der Waals surface area contributed by atoms with Crippen LogP contribution in [0, 0.1) is 12.7 Å². The molecule has 6 heteroatoms. The molecule has 0 N–H and O–H groups in total. The molecule has 0 aliphatic carbocycles. The Morgan fingerprint density at radius 3 is 2.96 bits per heavy atom. The summed E-state index contributed by atoms with van der Waals surface area (Å²) < 4.78 is 20.8. The molecule has 25 heavy (non-hydrogen) atoms. The molecule has 0 saturated carbocycles. The van der Waals surface area contributed by atoms with Crippen LogP contribution >= 0.6 is 0 Å². The normalized spacial score (nSPS) is 17.6. The van der Waals surface area contributed by atoms with Crippen LogP contribution in [-0.2, 0) is 11.2 Å². The first kappa shape index (κ1) is 17.5. The number of rotatable bonds is 5. The molecule has 1 aliphatic rings. The standard InChI is InChI=1S/C19H24FN3O2/c1-14-21-9-11-23(14)16-4-3-10-22(13-16)19(24)8-6-15-5-7-18(25-2)17(20)12-15/h5,7,9,11-12,16H,3-4,6,8,10,13H2,1-2H3/t16-/m1/s1. The van der Waals surface area contributed by atoms with Gasteiger partial charge in [-0.05, 0) is 43.9 Å². The predicted octanol–water partition coefficient (Wildman–Crippen LogP) is 3.14. The van der Waals surface area contributed by atoms with Gasteiger partial charge in [-0.1, -0.05) is 6.07 Å². The fourth-order valence-corrected chi connectivity index (χ4v) is 3.46. The average molecular weight is 345 g/mol. The molecule has 2 heterocycles. The first-order chi connectivity index (χ1) is 12.1. The Morgan fingerprint density at radius 2 is 2.28 bits per heavy atom. The zero-order chi connectivity index (χ0) is 17.8. The van der Waals surface area contributed by atoms with Crippen LogP contribution in [0.4, 0.5) is 4.39 Å². The van der Waals surface area contributed by atoms with Crippen LogP contribution in [0.2, 0.25) is 0 Å². The fourth-order valence-electron chi connectivity index (χ4n) is 3.46. The van der Waals surface area contributed by atoms with Gasteiger partial charge < -0.3 is 14.2 Å². The molecule has 134 valence electrons. The van der Waals surface area contributed by atoms with Gasteiger partial charge in [0.1, 0.15) is 5.82 Å². The molecule has 0 radical (unpaired) electrons. The SMILES string of the molecule is COc1ccc(CCC(=O)N2CCC[C@@H](n3ccnc3C)C2)cc1F. The van der Waals surface area contributed by atoms with Crippen LogP contribution in [0.15, 0.2) is 30.6 Å². The number of halogens is 1. The van der Waals surface area contributed by atoms with Crippen molar-refractivity contribution < 1.29 is 13.9 Å². The number of hydrogen-bond donors (Lipinski definition) is 0. The summed E-state index contributed by atoms with van der Waals surface area (Å²) in [6.07, 6.45) is 6.75. The third-order valence-corrected chi connectivity index (χ3v) is 4.85. The molecule has 3 rings (SSSR count). The zero-order valence-corrected chi connectivity index (χ0v) is 14.7. The first-order valence-corrected chi connectivity index (χ1v) is 8.68. The Morgan fingerprint density at radius 1 is 1.44 bits per heavy atom. The minimum atomic E-state index is -0.388. The van der Waals surface area contributed by atoms with Crippen LogP contribution in [0.1, 0.15) is 36.7 Å². The lowest BCUT2D eigenvalue weighted by atomic mass is 10.0. The summed E-state index contributed by atoms with van der Waals surface area (Å²) in [4.78, 5) is 18.8. The summed E-state index contributed by atoms with van der Waals surface area (Å²) in [6, 6.07) is 5.15. The molecule has 5 nitrogen and oxygen atoms in total. The number of carbonyl (C=O) groups is 1. The van der Waals surface area contributed by atoms with Gasteiger partial charge >= 0.3 is 0 Å². The molecular formula is C19H24FN3O2. The molecule has 1 aliphatic heterocycles. The van der Waals surface area contributed by atoms with Crippen molar-refractivity contribution in [2.75, 3.05) is 20.2 Å². The average Bonchev–Trinajstić information content (AvgIpc) is 3.06. The van der Waals surface area contributed by atoms with E-state index in [1.54, 1.807) is 12.3 Å². The quantitative estimate of drug-likeness (QED) is 0.836. The van der Waals surface area contributed by atoms with Crippen molar-refractivity contribution in [3.05, 3.63) is 47.8 Å². The van der Waals surface area contributed by atoms with E-state index in [0.717, 1.165) is 30.8 Å². The summed E-state index contributed by atoms with van der Waals surface area (Å²) in [5, 5.41) is 0. The highest BCUT2D eigenvalue weighted by Gasteiger charge is 2.25. The van der Waals surface area contributed by atoms with Crippen LogP contribution in [-0.4, -0.2) is 40.6 Å². The minimum absolute atomic E-state index is 0.124. The molecule has 1 amide bonds. The summed E-state index contributed by atoms with van der Waals surface area (Å²) in [5.74, 6) is 0.942. The Hall–Kier alpha value is -2.37. The smallest absolute Gasteiger partial charge is 0.222 e. The van der Waals surface area contributed by atoms with E-state index >= 15 is 0 Å². The second-order valence-electron chi connectivity index (χ2n) is 6.49. The number of amides is 1. The van der Waals surface area contributed by atoms with Crippen molar-refractivity contribution in [2.24, 2.45) is 0 Å². The van der Waals surface area contributed by atoms with Crippen molar-refractivity contribution >= 4 is 5.91 Å². The number of nitrogens with zero attached hydrogens (tertiary/aromatic N) is 3. The van der Waals surface area contributed by atoms with Crippen LogP contribution < -0.4 is 4.74 Å². The van der Waals surface area contributed by atoms with E-state index in [9.17, 15) is 9.18 Å². The molecular weight excluding hydrogens is 321 g/mol. The number of piperidine rings is 1. The lowest BCUT2D eigenvalue weighted by Gasteiger charge is -2.34. The number of aryl methyl sites for hydroxylation is 2. The monoisotopic (exact) mass is 345 g/mol. The molecule has 0 unspecified atom stereocenters. The van der Waals surface area contributed by atoms with Crippen molar-refractivity contribution in [3.63, 3.8) is 0 Å². The maximum Gasteiger partial charge on any atom is 0.222 e. The topological polar surface area (TPSA) is 47.4 Å². The second kappa shape index (κ2) is 7.68. The Labute approximate surface area is 147 Å². The highest BCUT2D eigenvalue weighted by molar-refractivity contribution is 5.76. The summed E-state index contributed by atoms with van der Waals surface area (Å²) in [5.41, 5.74) is 0.811. The molecule has 0 bridgehead atoms. The van der Waals surface area contributed by atoms with E-state index in [1.807, 2.05) is 24.1 Å². The van der Waals surface area contributed by atoms with Crippen LogP contribution in [0.5, 0.6) is 5.75 Å². The Balaban J connectivity index is 1.57. The van der Waals surface area contributed by atoms with Gasteiger partial charge in [-0.3, -0.25) is 4.79 Å². The third kappa shape index (κ3) is 4.00. The molecule has 1 aromatic carbocycles. The van der Waals surface area contributed by atoms with Crippen molar-refractivity contribution in [1.29, 1.82) is 0 Å². The molecule has 1 saturated heterocycles. The summed E-state index contributed by atoms with van der Waals surface area (Å²) in [7, 11) is 1.44. The van der Waals surface area contributed by atoms with Crippen molar-refractivity contribution in [2.45, 2.75) is 38.6 Å². The van der Waals surface area contributed by atoms with Gasteiger partial charge in [0.05, 0.1) is 13.2 Å². The van der Waals surface area contributed by atoms with Crippen LogP contribution in [0.3, 0.4) is 0 Å². The summed E-state index contributed by atoms with van der Waals surface area (Å²) in [6.45, 7) is 3.49. The Bertz CT molecular complexity index is 744. The van der Waals surface area contributed by atoms with Gasteiger partial charge in [0.2, 0.25) is 5.91 Å². The van der Waals surface area contributed by atoms with Gasteiger partial charge in [0, 0.05) is 31.9 Å². The largest absolute Gasteiger partial charge is 0.494 e. The lowest BCUT2D eigenvalue weighted by molar-refractivity contribution is -0.132. The minimum Gasteiger partial charge on any atom is -0.494 e. The van der Waals surface area contributed by atoms with Gasteiger partial charge in [-0.2, -0.15) is 0 Å². The van der Waals surface area contributed by atoms with E-state index in [4.69, 9.17) is 4.74 Å². The molecule has 1 fully saturated rings. The van der Waals surface area contributed by atoms with Gasteiger partial charge in [-0.25, -0.2) is 9.37 Å². The highest BCUT2D eigenvalue weighted by Crippen LogP contribution is 2.24. The number of hydrogen-bond acceptors (Lipinski definition) is 3. The van der Waals surface area contributed by atoms with E-state index in [0.29, 0.717) is 25.4 Å². The Kier molecular flexibility index (Phi) is 5.36. The number of methoxy groups -OCH3 is 1. The van der Waals surface area contributed by atoms with Gasteiger partial charge in [-0.15, -0.1) is 0 Å². The molecule has 2 aromatic rings.